The topological polar surface area (TPSA) is 55.0 Å². The summed E-state index contributed by atoms with van der Waals surface area (Å²) in [5.74, 6) is -0.202. The summed E-state index contributed by atoms with van der Waals surface area (Å²) in [6, 6.07) is 5.70. The molecule has 0 saturated heterocycles. The Hall–Kier alpha value is -2.17. The highest BCUT2D eigenvalue weighted by molar-refractivity contribution is 5.33. The number of aromatic nitrogens is 2. The predicted octanol–water partition coefficient (Wildman–Crippen LogP) is 2.01. The average Bonchev–Trinajstić information content (AvgIpc) is 2.24. The Morgan fingerprint density at radius 1 is 1.38 bits per heavy atom. The Morgan fingerprint density at radius 3 is 2.94 bits per heavy atom. The molecule has 5 heteroatoms. The molecule has 0 aliphatic carbocycles. The molecular formula is C11H9FN2O2. The number of nitrogens with zero attached hydrogens (tertiary/aromatic N) is 1. The van der Waals surface area contributed by atoms with E-state index in [1.54, 1.807) is 12.1 Å². The first kappa shape index (κ1) is 10.4. The fraction of sp³-hybridized carbons (Fsp3) is 0.0909. The molecule has 0 radical (unpaired) electrons. The summed E-state index contributed by atoms with van der Waals surface area (Å²) in [6.45, 7) is 1.82. The number of H-pyrrole nitrogens is 1. The number of benzene rings is 1. The minimum Gasteiger partial charge on any atom is -0.452 e. The average molecular weight is 220 g/mol. The van der Waals surface area contributed by atoms with Crippen molar-refractivity contribution in [2.45, 2.75) is 6.92 Å². The Kier molecular flexibility index (Phi) is 2.68. The zero-order valence-corrected chi connectivity index (χ0v) is 8.53. The first-order valence-corrected chi connectivity index (χ1v) is 4.64. The maximum Gasteiger partial charge on any atom is 0.267 e. The van der Waals surface area contributed by atoms with Crippen molar-refractivity contribution >= 4 is 0 Å². The van der Waals surface area contributed by atoms with Gasteiger partial charge in [-0.1, -0.05) is 6.07 Å². The first-order valence-electron chi connectivity index (χ1n) is 4.64. The lowest BCUT2D eigenvalue weighted by Crippen LogP contribution is -2.05. The van der Waals surface area contributed by atoms with Crippen molar-refractivity contribution < 1.29 is 9.13 Å². The van der Waals surface area contributed by atoms with Crippen molar-refractivity contribution in [1.82, 2.24) is 10.2 Å². The van der Waals surface area contributed by atoms with Crippen molar-refractivity contribution in [3.05, 3.63) is 52.2 Å². The predicted molar refractivity (Wildman–Crippen MR) is 56.1 cm³/mol. The highest BCUT2D eigenvalue weighted by Crippen LogP contribution is 2.23. The van der Waals surface area contributed by atoms with E-state index in [1.807, 2.05) is 6.92 Å². The van der Waals surface area contributed by atoms with Crippen molar-refractivity contribution in [2.75, 3.05) is 0 Å². The molecule has 0 aliphatic rings. The van der Waals surface area contributed by atoms with Gasteiger partial charge in [0.1, 0.15) is 0 Å². The number of aromatic amines is 1. The molecule has 0 amide bonds. The molecule has 0 bridgehead atoms. The minimum atomic E-state index is -0.481. The van der Waals surface area contributed by atoms with Crippen LogP contribution in [-0.2, 0) is 0 Å². The summed E-state index contributed by atoms with van der Waals surface area (Å²) in [5, 5.41) is 5.75. The monoisotopic (exact) mass is 220 g/mol. The third-order valence-electron chi connectivity index (χ3n) is 1.95. The fourth-order valence-corrected chi connectivity index (χ4v) is 1.23. The lowest BCUT2D eigenvalue weighted by Gasteiger charge is -2.06. The van der Waals surface area contributed by atoms with Gasteiger partial charge in [-0.05, 0) is 24.6 Å². The molecule has 1 N–H and O–H groups in total. The summed E-state index contributed by atoms with van der Waals surface area (Å²) in [6.07, 6.45) is 1.31. The molecule has 16 heavy (non-hydrogen) atoms. The highest BCUT2D eigenvalue weighted by Gasteiger charge is 2.05. The molecule has 0 atom stereocenters. The highest BCUT2D eigenvalue weighted by atomic mass is 19.1. The molecular weight excluding hydrogens is 211 g/mol. The first-order chi connectivity index (χ1) is 7.65. The Morgan fingerprint density at radius 2 is 2.19 bits per heavy atom. The Balaban J connectivity index is 2.33. The van der Waals surface area contributed by atoms with Crippen LogP contribution < -0.4 is 10.3 Å². The van der Waals surface area contributed by atoms with Gasteiger partial charge in [0.05, 0.1) is 6.20 Å². The van der Waals surface area contributed by atoms with E-state index >= 15 is 0 Å². The molecule has 0 unspecified atom stereocenters. The number of ether oxygens (including phenoxy) is 1. The summed E-state index contributed by atoms with van der Waals surface area (Å²) < 4.78 is 18.5. The molecule has 82 valence electrons. The van der Waals surface area contributed by atoms with Crippen LogP contribution in [0.3, 0.4) is 0 Å². The quantitative estimate of drug-likeness (QED) is 0.842. The van der Waals surface area contributed by atoms with Gasteiger partial charge in [0.2, 0.25) is 0 Å². The third-order valence-corrected chi connectivity index (χ3v) is 1.95. The standard InChI is InChI=1S/C11H9FN2O2/c1-7-2-3-9(12)10(4-7)16-8-5-11(15)14-13-6-8/h2-6H,1H3,(H,14,15). The SMILES string of the molecule is Cc1ccc(F)c(Oc2cn[nH]c(=O)c2)c1. The van der Waals surface area contributed by atoms with Crippen molar-refractivity contribution in [2.24, 2.45) is 0 Å². The Labute approximate surface area is 90.7 Å². The van der Waals surface area contributed by atoms with Gasteiger partial charge in [-0.15, -0.1) is 0 Å². The van der Waals surface area contributed by atoms with E-state index in [2.05, 4.69) is 10.2 Å². The van der Waals surface area contributed by atoms with Crippen molar-refractivity contribution in [3.8, 4) is 11.5 Å². The van der Waals surface area contributed by atoms with E-state index in [-0.39, 0.29) is 11.5 Å². The van der Waals surface area contributed by atoms with Crippen molar-refractivity contribution in [3.63, 3.8) is 0 Å². The van der Waals surface area contributed by atoms with Gasteiger partial charge < -0.3 is 4.74 Å². The normalized spacial score (nSPS) is 10.1. The second-order valence-electron chi connectivity index (χ2n) is 3.32. The molecule has 1 heterocycles. The molecule has 0 aliphatic heterocycles. The minimum absolute atomic E-state index is 0.0763. The van der Waals surface area contributed by atoms with Gasteiger partial charge in [-0.25, -0.2) is 9.49 Å². The number of aryl methyl sites for hydroxylation is 1. The van der Waals surface area contributed by atoms with Gasteiger partial charge in [0, 0.05) is 6.07 Å². The molecule has 0 fully saturated rings. The zero-order chi connectivity index (χ0) is 11.5. The lowest BCUT2D eigenvalue weighted by atomic mass is 10.2. The van der Waals surface area contributed by atoms with Gasteiger partial charge in [0.25, 0.3) is 5.56 Å². The number of nitrogens with one attached hydrogen (secondary N) is 1. The summed E-state index contributed by atoms with van der Waals surface area (Å²) in [4.78, 5) is 10.9. The van der Waals surface area contributed by atoms with Gasteiger partial charge in [-0.2, -0.15) is 5.10 Å². The summed E-state index contributed by atoms with van der Waals surface area (Å²) in [7, 11) is 0. The van der Waals surface area contributed by atoms with Gasteiger partial charge in [-0.3, -0.25) is 4.79 Å². The van der Waals surface area contributed by atoms with Crippen LogP contribution in [0.1, 0.15) is 5.56 Å². The van der Waals surface area contributed by atoms with Crippen LogP contribution in [0.2, 0.25) is 0 Å². The number of rotatable bonds is 2. The maximum atomic E-state index is 13.3. The molecule has 2 rings (SSSR count). The molecule has 0 saturated carbocycles. The van der Waals surface area contributed by atoms with E-state index < -0.39 is 11.4 Å². The van der Waals surface area contributed by atoms with Crippen LogP contribution in [0.4, 0.5) is 4.39 Å². The van der Waals surface area contributed by atoms with Crippen LogP contribution in [0.5, 0.6) is 11.5 Å². The van der Waals surface area contributed by atoms with Crippen LogP contribution in [0.25, 0.3) is 0 Å². The molecule has 1 aromatic heterocycles. The van der Waals surface area contributed by atoms with Gasteiger partial charge >= 0.3 is 0 Å². The van der Waals surface area contributed by atoms with E-state index in [0.717, 1.165) is 5.56 Å². The summed E-state index contributed by atoms with van der Waals surface area (Å²) >= 11 is 0. The second kappa shape index (κ2) is 4.14. The van der Waals surface area contributed by atoms with E-state index in [1.165, 1.54) is 18.3 Å². The zero-order valence-electron chi connectivity index (χ0n) is 8.53. The largest absolute Gasteiger partial charge is 0.452 e. The number of halogens is 1. The smallest absolute Gasteiger partial charge is 0.267 e. The fourth-order valence-electron chi connectivity index (χ4n) is 1.23. The van der Waals surface area contributed by atoms with Crippen molar-refractivity contribution in [1.29, 1.82) is 0 Å². The molecule has 1 aromatic carbocycles. The molecule has 2 aromatic rings. The van der Waals surface area contributed by atoms with E-state index in [0.29, 0.717) is 0 Å². The van der Waals surface area contributed by atoms with Crippen LogP contribution in [0.15, 0.2) is 35.3 Å². The molecule has 4 nitrogen and oxygen atoms in total. The van der Waals surface area contributed by atoms with Gasteiger partial charge in [0.15, 0.2) is 17.3 Å². The Bertz CT molecular complexity index is 566. The summed E-state index contributed by atoms with van der Waals surface area (Å²) in [5.41, 5.74) is 0.472. The number of hydrogen-bond donors (Lipinski definition) is 1. The van der Waals surface area contributed by atoms with Crippen LogP contribution >= 0.6 is 0 Å². The third kappa shape index (κ3) is 2.25. The maximum absolute atomic E-state index is 13.3. The van der Waals surface area contributed by atoms with E-state index in [4.69, 9.17) is 4.74 Å². The van der Waals surface area contributed by atoms with E-state index in [9.17, 15) is 9.18 Å². The second-order valence-corrected chi connectivity index (χ2v) is 3.32. The van der Waals surface area contributed by atoms with Crippen LogP contribution in [0, 0.1) is 12.7 Å². The molecule has 0 spiro atoms. The lowest BCUT2D eigenvalue weighted by molar-refractivity contribution is 0.438. The van der Waals surface area contributed by atoms with Crippen LogP contribution in [-0.4, -0.2) is 10.2 Å². The number of hydrogen-bond acceptors (Lipinski definition) is 3.